The Morgan fingerprint density at radius 3 is 2.47 bits per heavy atom. The van der Waals surface area contributed by atoms with E-state index >= 15 is 0 Å². The Labute approximate surface area is 132 Å². The summed E-state index contributed by atoms with van der Waals surface area (Å²) in [4.78, 5) is 6.43. The Morgan fingerprint density at radius 2 is 1.89 bits per heavy atom. The van der Waals surface area contributed by atoms with Gasteiger partial charge in [0, 0.05) is 19.6 Å². The van der Waals surface area contributed by atoms with Crippen molar-refractivity contribution in [3.05, 3.63) is 41.5 Å². The van der Waals surface area contributed by atoms with Crippen LogP contribution in [0.4, 0.5) is 0 Å². The zero-order chi connectivity index (χ0) is 12.8. The Kier molecular flexibility index (Phi) is 6.91. The van der Waals surface area contributed by atoms with Gasteiger partial charge >= 0.3 is 0 Å². The maximum Gasteiger partial charge on any atom is 0.191 e. The Hall–Kier alpha value is -1.04. The van der Waals surface area contributed by atoms with Crippen molar-refractivity contribution in [1.29, 1.82) is 0 Å². The van der Waals surface area contributed by atoms with E-state index in [1.807, 2.05) is 13.0 Å². The molecule has 0 saturated carbocycles. The van der Waals surface area contributed by atoms with E-state index in [2.05, 4.69) is 40.2 Å². The van der Waals surface area contributed by atoms with Crippen LogP contribution in [0.15, 0.2) is 40.9 Å². The topological polar surface area (TPSA) is 41.6 Å². The van der Waals surface area contributed by atoms with Crippen molar-refractivity contribution in [2.24, 2.45) is 10.7 Å². The maximum absolute atomic E-state index is 5.91. The highest BCUT2D eigenvalue weighted by atomic mass is 127. The summed E-state index contributed by atoms with van der Waals surface area (Å²) in [6, 6.07) is 10.5. The number of halogens is 1. The molecule has 1 aliphatic rings. The SMILES string of the molecule is CCN=C(N)N1CCC(=Cc2ccccc2)CC1.I. The van der Waals surface area contributed by atoms with E-state index in [1.165, 1.54) is 11.1 Å². The Morgan fingerprint density at radius 1 is 1.26 bits per heavy atom. The second-order valence-electron chi connectivity index (χ2n) is 4.53. The highest BCUT2D eigenvalue weighted by Gasteiger charge is 2.14. The number of rotatable bonds is 2. The predicted molar refractivity (Wildman–Crippen MR) is 92.8 cm³/mol. The van der Waals surface area contributed by atoms with E-state index in [9.17, 15) is 0 Å². The summed E-state index contributed by atoms with van der Waals surface area (Å²) in [5.74, 6) is 0.691. The highest BCUT2D eigenvalue weighted by molar-refractivity contribution is 14.0. The monoisotopic (exact) mass is 371 g/mol. The molecular weight excluding hydrogens is 349 g/mol. The number of aliphatic imine (C=N–C) groups is 1. The summed E-state index contributed by atoms with van der Waals surface area (Å²) in [6.45, 7) is 4.73. The minimum absolute atomic E-state index is 0. The Balaban J connectivity index is 0.00000180. The van der Waals surface area contributed by atoms with Crippen LogP contribution in [0.2, 0.25) is 0 Å². The van der Waals surface area contributed by atoms with Crippen LogP contribution >= 0.6 is 24.0 Å². The molecule has 0 aliphatic carbocycles. The quantitative estimate of drug-likeness (QED) is 0.493. The number of piperidine rings is 1. The molecule has 4 heteroatoms. The van der Waals surface area contributed by atoms with E-state index in [0.29, 0.717) is 5.96 Å². The van der Waals surface area contributed by atoms with Crippen molar-refractivity contribution in [3.8, 4) is 0 Å². The first-order chi connectivity index (χ1) is 8.79. The number of hydrogen-bond acceptors (Lipinski definition) is 1. The normalized spacial score (nSPS) is 15.9. The van der Waals surface area contributed by atoms with Gasteiger partial charge in [0.25, 0.3) is 0 Å². The molecule has 2 rings (SSSR count). The van der Waals surface area contributed by atoms with Crippen LogP contribution in [0.5, 0.6) is 0 Å². The molecule has 1 aromatic rings. The molecule has 1 saturated heterocycles. The lowest BCUT2D eigenvalue weighted by atomic mass is 10.0. The molecular formula is C15H22IN3. The molecule has 0 atom stereocenters. The van der Waals surface area contributed by atoms with Crippen molar-refractivity contribution in [3.63, 3.8) is 0 Å². The minimum atomic E-state index is 0. The molecule has 0 bridgehead atoms. The first kappa shape index (κ1) is 16.0. The molecule has 1 fully saturated rings. The molecule has 0 radical (unpaired) electrons. The van der Waals surface area contributed by atoms with E-state index < -0.39 is 0 Å². The molecule has 1 aliphatic heterocycles. The molecule has 0 spiro atoms. The largest absolute Gasteiger partial charge is 0.370 e. The summed E-state index contributed by atoms with van der Waals surface area (Å²) in [7, 11) is 0. The second kappa shape index (κ2) is 8.19. The molecule has 2 N–H and O–H groups in total. The van der Waals surface area contributed by atoms with Gasteiger partial charge in [-0.1, -0.05) is 42.0 Å². The summed E-state index contributed by atoms with van der Waals surface area (Å²) < 4.78 is 0. The van der Waals surface area contributed by atoms with Gasteiger partial charge in [0.1, 0.15) is 0 Å². The fourth-order valence-electron chi connectivity index (χ4n) is 2.21. The van der Waals surface area contributed by atoms with Gasteiger partial charge in [0.15, 0.2) is 5.96 Å². The third-order valence-electron chi connectivity index (χ3n) is 3.22. The van der Waals surface area contributed by atoms with Crippen LogP contribution in [-0.4, -0.2) is 30.5 Å². The van der Waals surface area contributed by atoms with Crippen LogP contribution < -0.4 is 5.73 Å². The number of nitrogens with zero attached hydrogens (tertiary/aromatic N) is 2. The highest BCUT2D eigenvalue weighted by Crippen LogP contribution is 2.19. The standard InChI is InChI=1S/C15H21N3.HI/c1-2-17-15(16)18-10-8-14(9-11-18)12-13-6-4-3-5-7-13;/h3-7,12H,2,8-11H2,1H3,(H2,16,17);1H. The number of guanidine groups is 1. The number of benzene rings is 1. The summed E-state index contributed by atoms with van der Waals surface area (Å²) >= 11 is 0. The average Bonchev–Trinajstić information content (AvgIpc) is 2.41. The van der Waals surface area contributed by atoms with Gasteiger partial charge in [0.05, 0.1) is 0 Å². The summed E-state index contributed by atoms with van der Waals surface area (Å²) in [6.07, 6.45) is 4.45. The van der Waals surface area contributed by atoms with Crippen molar-refractivity contribution in [2.75, 3.05) is 19.6 Å². The minimum Gasteiger partial charge on any atom is -0.370 e. The van der Waals surface area contributed by atoms with E-state index in [0.717, 1.165) is 32.5 Å². The van der Waals surface area contributed by atoms with Crippen LogP contribution in [-0.2, 0) is 0 Å². The summed E-state index contributed by atoms with van der Waals surface area (Å²) in [5.41, 5.74) is 8.70. The molecule has 1 aromatic carbocycles. The van der Waals surface area contributed by atoms with Crippen molar-refractivity contribution in [1.82, 2.24) is 4.90 Å². The zero-order valence-electron chi connectivity index (χ0n) is 11.4. The lowest BCUT2D eigenvalue weighted by molar-refractivity contribution is 0.384. The Bertz CT molecular complexity index is 430. The number of hydrogen-bond donors (Lipinski definition) is 1. The van der Waals surface area contributed by atoms with Gasteiger partial charge in [-0.2, -0.15) is 0 Å². The van der Waals surface area contributed by atoms with Crippen LogP contribution in [0.1, 0.15) is 25.3 Å². The van der Waals surface area contributed by atoms with Crippen molar-refractivity contribution in [2.45, 2.75) is 19.8 Å². The van der Waals surface area contributed by atoms with Gasteiger partial charge in [-0.05, 0) is 25.3 Å². The molecule has 19 heavy (non-hydrogen) atoms. The maximum atomic E-state index is 5.91. The first-order valence-electron chi connectivity index (χ1n) is 6.59. The van der Waals surface area contributed by atoms with Crippen LogP contribution in [0.3, 0.4) is 0 Å². The van der Waals surface area contributed by atoms with Gasteiger partial charge in [-0.15, -0.1) is 24.0 Å². The van der Waals surface area contributed by atoms with Gasteiger partial charge in [0.2, 0.25) is 0 Å². The fourth-order valence-corrected chi connectivity index (χ4v) is 2.21. The first-order valence-corrected chi connectivity index (χ1v) is 6.59. The zero-order valence-corrected chi connectivity index (χ0v) is 13.7. The lowest BCUT2D eigenvalue weighted by Gasteiger charge is -2.29. The third-order valence-corrected chi connectivity index (χ3v) is 3.22. The summed E-state index contributed by atoms with van der Waals surface area (Å²) in [5, 5.41) is 0. The molecule has 0 aromatic heterocycles. The molecule has 0 unspecified atom stereocenters. The van der Waals surface area contributed by atoms with Gasteiger partial charge in [-0.25, -0.2) is 0 Å². The van der Waals surface area contributed by atoms with Crippen LogP contribution in [0.25, 0.3) is 6.08 Å². The van der Waals surface area contributed by atoms with Crippen LogP contribution in [0, 0.1) is 0 Å². The van der Waals surface area contributed by atoms with Gasteiger partial charge in [-0.3, -0.25) is 4.99 Å². The van der Waals surface area contributed by atoms with Crippen molar-refractivity contribution < 1.29 is 0 Å². The smallest absolute Gasteiger partial charge is 0.191 e. The number of likely N-dealkylation sites (tertiary alicyclic amines) is 1. The number of nitrogens with two attached hydrogens (primary N) is 1. The fraction of sp³-hybridized carbons (Fsp3) is 0.400. The third kappa shape index (κ3) is 4.86. The second-order valence-corrected chi connectivity index (χ2v) is 4.53. The average molecular weight is 371 g/mol. The predicted octanol–water partition coefficient (Wildman–Crippen LogP) is 3.12. The van der Waals surface area contributed by atoms with Gasteiger partial charge < -0.3 is 10.6 Å². The molecule has 3 nitrogen and oxygen atoms in total. The van der Waals surface area contributed by atoms with Crippen molar-refractivity contribution >= 4 is 36.0 Å². The lowest BCUT2D eigenvalue weighted by Crippen LogP contribution is -2.41. The van der Waals surface area contributed by atoms with E-state index in [1.54, 1.807) is 0 Å². The molecule has 1 heterocycles. The van der Waals surface area contributed by atoms with E-state index in [-0.39, 0.29) is 24.0 Å². The van der Waals surface area contributed by atoms with E-state index in [4.69, 9.17) is 5.73 Å². The molecule has 104 valence electrons. The molecule has 0 amide bonds.